The van der Waals surface area contributed by atoms with E-state index in [-0.39, 0.29) is 5.54 Å². The fraction of sp³-hybridized carbons (Fsp3) is 0.625. The van der Waals surface area contributed by atoms with Crippen LogP contribution in [-0.2, 0) is 4.79 Å². The average molecular weight is 138 g/mol. The zero-order chi connectivity index (χ0) is 8.04. The zero-order valence-corrected chi connectivity index (χ0v) is 6.62. The molecule has 0 rings (SSSR count). The Morgan fingerprint density at radius 3 is 2.50 bits per heavy atom. The van der Waals surface area contributed by atoms with Gasteiger partial charge in [0.2, 0.25) is 0 Å². The van der Waals surface area contributed by atoms with Crippen LogP contribution in [0.5, 0.6) is 0 Å². The smallest absolute Gasteiger partial charge is 0.309 e. The molecule has 0 heterocycles. The Hall–Kier alpha value is -0.970. The van der Waals surface area contributed by atoms with Crippen LogP contribution in [0, 0.1) is 11.8 Å². The first-order chi connectivity index (χ1) is 4.62. The summed E-state index contributed by atoms with van der Waals surface area (Å²) in [5.41, 5.74) is -0.245. The molecular weight excluding hydrogens is 126 g/mol. The van der Waals surface area contributed by atoms with E-state index >= 15 is 0 Å². The fourth-order valence-electron chi connectivity index (χ4n) is 0.492. The molecule has 0 unspecified atom stereocenters. The van der Waals surface area contributed by atoms with Gasteiger partial charge in [0.1, 0.15) is 0 Å². The van der Waals surface area contributed by atoms with E-state index in [1.165, 1.54) is 0 Å². The lowest BCUT2D eigenvalue weighted by Crippen LogP contribution is -2.37. The molecule has 0 aliphatic heterocycles. The zero-order valence-electron chi connectivity index (χ0n) is 6.62. The summed E-state index contributed by atoms with van der Waals surface area (Å²) in [5.74, 6) is 5.64. The van der Waals surface area contributed by atoms with Crippen LogP contribution in [0.1, 0.15) is 27.2 Å². The molecule has 0 aromatic rings. The maximum absolute atomic E-state index is 9.90. The highest BCUT2D eigenvalue weighted by atomic mass is 16.1. The van der Waals surface area contributed by atoms with E-state index < -0.39 is 0 Å². The molecule has 0 saturated heterocycles. The van der Waals surface area contributed by atoms with Crippen molar-refractivity contribution in [2.24, 2.45) is 0 Å². The molecule has 0 saturated carbocycles. The Kier molecular flexibility index (Phi) is 3.56. The summed E-state index contributed by atoms with van der Waals surface area (Å²) in [6, 6.07) is 0. The molecule has 10 heavy (non-hydrogen) atoms. The molecular formula is C8H12NO. The number of carbonyl (C=O) groups excluding carboxylic acids is 1. The van der Waals surface area contributed by atoms with E-state index in [1.807, 2.05) is 13.8 Å². The van der Waals surface area contributed by atoms with Crippen LogP contribution in [0.25, 0.3) is 0 Å². The molecule has 0 aromatic heterocycles. The summed E-state index contributed by atoms with van der Waals surface area (Å²) in [7, 11) is 0. The van der Waals surface area contributed by atoms with Gasteiger partial charge in [-0.25, -0.2) is 0 Å². The molecule has 0 aliphatic rings. The summed E-state index contributed by atoms with van der Waals surface area (Å²) in [4.78, 5) is 9.90. The molecule has 0 aliphatic carbocycles. The third kappa shape index (κ3) is 3.96. The van der Waals surface area contributed by atoms with Crippen LogP contribution in [0.4, 0.5) is 0 Å². The van der Waals surface area contributed by atoms with Crippen molar-refractivity contribution in [3.05, 3.63) is 0 Å². The van der Waals surface area contributed by atoms with Gasteiger partial charge < -0.3 is 5.32 Å². The Bertz CT molecular complexity index is 162. The van der Waals surface area contributed by atoms with Gasteiger partial charge in [-0.3, -0.25) is 4.79 Å². The molecule has 0 bridgehead atoms. The number of nitrogens with one attached hydrogen (secondary N) is 1. The molecule has 2 heteroatoms. The van der Waals surface area contributed by atoms with Crippen LogP contribution < -0.4 is 5.32 Å². The van der Waals surface area contributed by atoms with Gasteiger partial charge >= 0.3 is 6.41 Å². The third-order valence-electron chi connectivity index (χ3n) is 1.10. The van der Waals surface area contributed by atoms with Crippen LogP contribution in [0.2, 0.25) is 0 Å². The summed E-state index contributed by atoms with van der Waals surface area (Å²) in [6.07, 6.45) is 2.31. The standard InChI is InChI=1S/C8H12NO/c1-4-5-6-8(2,3)9-7-10/h6H2,1-3H3,(H,9,10). The first-order valence-corrected chi connectivity index (χ1v) is 3.16. The second-order valence-corrected chi connectivity index (χ2v) is 2.71. The highest BCUT2D eigenvalue weighted by Gasteiger charge is 2.13. The van der Waals surface area contributed by atoms with Crippen LogP contribution >= 0.6 is 0 Å². The van der Waals surface area contributed by atoms with Crippen molar-refractivity contribution in [1.82, 2.24) is 5.32 Å². The maximum Gasteiger partial charge on any atom is 0.309 e. The summed E-state index contributed by atoms with van der Waals surface area (Å²) in [5, 5.41) is 2.55. The van der Waals surface area contributed by atoms with Crippen molar-refractivity contribution < 1.29 is 4.79 Å². The minimum atomic E-state index is -0.245. The van der Waals surface area contributed by atoms with Gasteiger partial charge in [0.25, 0.3) is 0 Å². The number of hydrogen-bond donors (Lipinski definition) is 1. The molecule has 0 aromatic carbocycles. The van der Waals surface area contributed by atoms with Crippen LogP contribution in [0.15, 0.2) is 0 Å². The summed E-state index contributed by atoms with van der Waals surface area (Å²) >= 11 is 0. The lowest BCUT2D eigenvalue weighted by atomic mass is 10.0. The Balaban J connectivity index is 3.81. The minimum Gasteiger partial charge on any atom is -0.342 e. The number of amides is 1. The number of hydrogen-bond acceptors (Lipinski definition) is 1. The van der Waals surface area contributed by atoms with E-state index in [1.54, 1.807) is 13.3 Å². The Morgan fingerprint density at radius 1 is 1.50 bits per heavy atom. The van der Waals surface area contributed by atoms with Crippen LogP contribution in [-0.4, -0.2) is 11.9 Å². The summed E-state index contributed by atoms with van der Waals surface area (Å²) in [6.45, 7) is 5.59. The Labute approximate surface area is 62.0 Å². The van der Waals surface area contributed by atoms with Crippen molar-refractivity contribution in [2.75, 3.05) is 0 Å². The van der Waals surface area contributed by atoms with Gasteiger partial charge in [-0.2, -0.15) is 0 Å². The number of rotatable bonds is 3. The van der Waals surface area contributed by atoms with Gasteiger partial charge in [0.05, 0.1) is 0 Å². The SMILES string of the molecule is CC#CCC(C)(C)N[C]=O. The van der Waals surface area contributed by atoms with E-state index in [0.717, 1.165) is 0 Å². The minimum absolute atomic E-state index is 0.245. The molecule has 55 valence electrons. The molecule has 0 spiro atoms. The normalized spacial score (nSPS) is 9.50. The van der Waals surface area contributed by atoms with E-state index in [9.17, 15) is 4.79 Å². The van der Waals surface area contributed by atoms with Gasteiger partial charge in [0.15, 0.2) is 0 Å². The molecule has 0 fully saturated rings. The average Bonchev–Trinajstić information content (AvgIpc) is 1.84. The molecule has 1 radical (unpaired) electrons. The highest BCUT2D eigenvalue weighted by Crippen LogP contribution is 2.04. The predicted molar refractivity (Wildman–Crippen MR) is 41.0 cm³/mol. The van der Waals surface area contributed by atoms with E-state index in [0.29, 0.717) is 6.42 Å². The van der Waals surface area contributed by atoms with Crippen LogP contribution in [0.3, 0.4) is 0 Å². The van der Waals surface area contributed by atoms with E-state index in [4.69, 9.17) is 0 Å². The second kappa shape index (κ2) is 3.94. The third-order valence-corrected chi connectivity index (χ3v) is 1.10. The van der Waals surface area contributed by atoms with Crippen molar-refractivity contribution in [3.8, 4) is 11.8 Å². The molecule has 1 amide bonds. The van der Waals surface area contributed by atoms with E-state index in [2.05, 4.69) is 17.2 Å². The van der Waals surface area contributed by atoms with Crippen molar-refractivity contribution in [1.29, 1.82) is 0 Å². The molecule has 1 N–H and O–H groups in total. The van der Waals surface area contributed by atoms with Gasteiger partial charge in [-0.15, -0.1) is 11.8 Å². The monoisotopic (exact) mass is 138 g/mol. The lowest BCUT2D eigenvalue weighted by molar-refractivity contribution is 0.444. The van der Waals surface area contributed by atoms with Crippen molar-refractivity contribution in [3.63, 3.8) is 0 Å². The predicted octanol–water partition coefficient (Wildman–Crippen LogP) is 0.835. The highest BCUT2D eigenvalue weighted by molar-refractivity contribution is 5.48. The first-order valence-electron chi connectivity index (χ1n) is 3.16. The summed E-state index contributed by atoms with van der Waals surface area (Å²) < 4.78 is 0. The molecule has 0 atom stereocenters. The van der Waals surface area contributed by atoms with Gasteiger partial charge in [-0.1, -0.05) is 0 Å². The molecule has 2 nitrogen and oxygen atoms in total. The second-order valence-electron chi connectivity index (χ2n) is 2.71. The Morgan fingerprint density at radius 2 is 2.10 bits per heavy atom. The van der Waals surface area contributed by atoms with Gasteiger partial charge in [-0.05, 0) is 20.8 Å². The first kappa shape index (κ1) is 9.03. The van der Waals surface area contributed by atoms with Crippen molar-refractivity contribution >= 4 is 6.41 Å². The van der Waals surface area contributed by atoms with Gasteiger partial charge in [0, 0.05) is 12.0 Å². The van der Waals surface area contributed by atoms with Crippen molar-refractivity contribution in [2.45, 2.75) is 32.7 Å². The maximum atomic E-state index is 9.90. The quantitative estimate of drug-likeness (QED) is 0.454. The topological polar surface area (TPSA) is 29.1 Å². The lowest BCUT2D eigenvalue weighted by Gasteiger charge is -2.19. The largest absolute Gasteiger partial charge is 0.342 e. The fourth-order valence-corrected chi connectivity index (χ4v) is 0.492.